The van der Waals surface area contributed by atoms with Crippen LogP contribution in [0.15, 0.2) is 48.5 Å². The van der Waals surface area contributed by atoms with Crippen molar-refractivity contribution in [2.75, 3.05) is 19.0 Å². The van der Waals surface area contributed by atoms with Gasteiger partial charge in [0.15, 0.2) is 0 Å². The molecular weight excluding hydrogens is 271 g/mol. The van der Waals surface area contributed by atoms with Gasteiger partial charge in [0.25, 0.3) is 0 Å². The number of hydrogen-bond acceptors (Lipinski definition) is 3. The van der Waals surface area contributed by atoms with Crippen LogP contribution in [0.5, 0.6) is 5.75 Å². The van der Waals surface area contributed by atoms with Crippen molar-refractivity contribution in [3.8, 4) is 5.75 Å². The van der Waals surface area contributed by atoms with Crippen molar-refractivity contribution in [3.05, 3.63) is 59.9 Å². The number of nitrogens with one attached hydrogen (secondary N) is 2. The highest BCUT2D eigenvalue weighted by Gasteiger charge is 2.04. The van der Waals surface area contributed by atoms with E-state index in [0.29, 0.717) is 12.2 Å². The minimum Gasteiger partial charge on any atom is -0.497 e. The third-order valence-electron chi connectivity index (χ3n) is 2.94. The molecular formula is C16H17FN2O2. The van der Waals surface area contributed by atoms with Gasteiger partial charge in [-0.25, -0.2) is 4.39 Å². The van der Waals surface area contributed by atoms with Gasteiger partial charge in [-0.2, -0.15) is 0 Å². The summed E-state index contributed by atoms with van der Waals surface area (Å²) in [7, 11) is 1.59. The molecule has 0 saturated carbocycles. The van der Waals surface area contributed by atoms with Crippen LogP contribution in [-0.2, 0) is 11.3 Å². The molecule has 0 aliphatic rings. The number of hydrogen-bond donors (Lipinski definition) is 2. The van der Waals surface area contributed by atoms with Gasteiger partial charge in [0.05, 0.1) is 19.3 Å². The van der Waals surface area contributed by atoms with E-state index in [9.17, 15) is 9.18 Å². The van der Waals surface area contributed by atoms with Gasteiger partial charge in [0.1, 0.15) is 11.6 Å². The van der Waals surface area contributed by atoms with Crippen LogP contribution < -0.4 is 15.4 Å². The molecule has 4 nitrogen and oxygen atoms in total. The van der Waals surface area contributed by atoms with Crippen LogP contribution in [0.25, 0.3) is 0 Å². The summed E-state index contributed by atoms with van der Waals surface area (Å²) in [5, 5.41) is 5.52. The number of para-hydroxylation sites is 1. The largest absolute Gasteiger partial charge is 0.497 e. The van der Waals surface area contributed by atoms with Crippen molar-refractivity contribution in [2.24, 2.45) is 0 Å². The lowest BCUT2D eigenvalue weighted by Gasteiger charge is -2.09. The Balaban J connectivity index is 1.81. The SMILES string of the molecule is COc1cccc(CNC(=O)CNc2ccccc2F)c1. The molecule has 110 valence electrons. The van der Waals surface area contributed by atoms with Crippen LogP contribution in [0.2, 0.25) is 0 Å². The predicted molar refractivity (Wildman–Crippen MR) is 79.7 cm³/mol. The number of benzene rings is 2. The fraction of sp³-hybridized carbons (Fsp3) is 0.188. The van der Waals surface area contributed by atoms with Crippen LogP contribution in [0.1, 0.15) is 5.56 Å². The molecule has 0 aliphatic carbocycles. The summed E-state index contributed by atoms with van der Waals surface area (Å²) in [5.74, 6) is 0.158. The molecule has 0 aliphatic heterocycles. The zero-order valence-electron chi connectivity index (χ0n) is 11.7. The molecule has 21 heavy (non-hydrogen) atoms. The van der Waals surface area contributed by atoms with Gasteiger partial charge in [0.2, 0.25) is 5.91 Å². The smallest absolute Gasteiger partial charge is 0.239 e. The van der Waals surface area contributed by atoms with Gasteiger partial charge in [0, 0.05) is 6.54 Å². The van der Waals surface area contributed by atoms with Crippen molar-refractivity contribution in [1.29, 1.82) is 0 Å². The summed E-state index contributed by atoms with van der Waals surface area (Å²) in [5.41, 5.74) is 1.25. The number of anilines is 1. The summed E-state index contributed by atoms with van der Waals surface area (Å²) in [6, 6.07) is 13.7. The van der Waals surface area contributed by atoms with Crippen molar-refractivity contribution in [3.63, 3.8) is 0 Å². The zero-order chi connectivity index (χ0) is 15.1. The van der Waals surface area contributed by atoms with Crippen LogP contribution in [0.3, 0.4) is 0 Å². The van der Waals surface area contributed by atoms with Crippen molar-refractivity contribution < 1.29 is 13.9 Å². The van der Waals surface area contributed by atoms with Crippen LogP contribution in [-0.4, -0.2) is 19.6 Å². The maximum Gasteiger partial charge on any atom is 0.239 e. The lowest BCUT2D eigenvalue weighted by Crippen LogP contribution is -2.29. The topological polar surface area (TPSA) is 50.4 Å². The first-order valence-electron chi connectivity index (χ1n) is 6.57. The molecule has 0 radical (unpaired) electrons. The Labute approximate surface area is 122 Å². The number of ether oxygens (including phenoxy) is 1. The quantitative estimate of drug-likeness (QED) is 0.859. The highest BCUT2D eigenvalue weighted by molar-refractivity contribution is 5.80. The van der Waals surface area contributed by atoms with Crippen molar-refractivity contribution in [1.82, 2.24) is 5.32 Å². The molecule has 0 spiro atoms. The lowest BCUT2D eigenvalue weighted by molar-refractivity contribution is -0.119. The molecule has 1 amide bonds. The number of carbonyl (C=O) groups is 1. The summed E-state index contributed by atoms with van der Waals surface area (Å²) in [6.45, 7) is 0.417. The first-order valence-corrected chi connectivity index (χ1v) is 6.57. The number of amides is 1. The number of rotatable bonds is 6. The number of carbonyl (C=O) groups excluding carboxylic acids is 1. The van der Waals surface area contributed by atoms with Gasteiger partial charge in [-0.05, 0) is 29.8 Å². The number of halogens is 1. The van der Waals surface area contributed by atoms with Crippen molar-refractivity contribution in [2.45, 2.75) is 6.54 Å². The Kier molecular flexibility index (Phi) is 5.15. The zero-order valence-corrected chi connectivity index (χ0v) is 11.7. The van der Waals surface area contributed by atoms with E-state index < -0.39 is 0 Å². The third kappa shape index (κ3) is 4.49. The minimum atomic E-state index is -0.377. The summed E-state index contributed by atoms with van der Waals surface area (Å²) in [6.07, 6.45) is 0. The molecule has 0 atom stereocenters. The molecule has 0 saturated heterocycles. The fourth-order valence-corrected chi connectivity index (χ4v) is 1.83. The Bertz CT molecular complexity index is 617. The number of methoxy groups -OCH3 is 1. The average molecular weight is 288 g/mol. The molecule has 2 aromatic rings. The molecule has 2 aromatic carbocycles. The van der Waals surface area contributed by atoms with Crippen LogP contribution in [0, 0.1) is 5.82 Å². The van der Waals surface area contributed by atoms with Crippen molar-refractivity contribution >= 4 is 11.6 Å². The van der Waals surface area contributed by atoms with Gasteiger partial charge >= 0.3 is 0 Å². The molecule has 0 bridgehead atoms. The van der Waals surface area contributed by atoms with E-state index in [0.717, 1.165) is 11.3 Å². The predicted octanol–water partition coefficient (Wildman–Crippen LogP) is 2.56. The average Bonchev–Trinajstić information content (AvgIpc) is 2.52. The Morgan fingerprint density at radius 2 is 2.00 bits per heavy atom. The standard InChI is InChI=1S/C16H17FN2O2/c1-21-13-6-4-5-12(9-13)10-19-16(20)11-18-15-8-3-2-7-14(15)17/h2-9,18H,10-11H2,1H3,(H,19,20). The van der Waals surface area contributed by atoms with Gasteiger partial charge < -0.3 is 15.4 Å². The van der Waals surface area contributed by atoms with Gasteiger partial charge in [-0.1, -0.05) is 24.3 Å². The van der Waals surface area contributed by atoms with Gasteiger partial charge in [-0.15, -0.1) is 0 Å². The minimum absolute atomic E-state index is 0.0188. The second-order valence-electron chi connectivity index (χ2n) is 4.46. The van der Waals surface area contributed by atoms with Gasteiger partial charge in [-0.3, -0.25) is 4.79 Å². The highest BCUT2D eigenvalue weighted by atomic mass is 19.1. The van der Waals surface area contributed by atoms with E-state index in [1.54, 1.807) is 25.3 Å². The van der Waals surface area contributed by atoms with E-state index in [-0.39, 0.29) is 18.3 Å². The lowest BCUT2D eigenvalue weighted by atomic mass is 10.2. The van der Waals surface area contributed by atoms with E-state index in [4.69, 9.17) is 4.74 Å². The van der Waals surface area contributed by atoms with E-state index >= 15 is 0 Å². The van der Waals surface area contributed by atoms with Crippen LogP contribution in [0.4, 0.5) is 10.1 Å². The maximum atomic E-state index is 13.4. The summed E-state index contributed by atoms with van der Waals surface area (Å²) >= 11 is 0. The first kappa shape index (κ1) is 14.8. The fourth-order valence-electron chi connectivity index (χ4n) is 1.83. The highest BCUT2D eigenvalue weighted by Crippen LogP contribution is 2.13. The second-order valence-corrected chi connectivity index (χ2v) is 4.46. The third-order valence-corrected chi connectivity index (χ3v) is 2.94. The Morgan fingerprint density at radius 3 is 2.76 bits per heavy atom. The summed E-state index contributed by atoms with van der Waals surface area (Å²) < 4.78 is 18.5. The summed E-state index contributed by atoms with van der Waals surface area (Å²) in [4.78, 5) is 11.7. The molecule has 5 heteroatoms. The first-order chi connectivity index (χ1) is 10.2. The monoisotopic (exact) mass is 288 g/mol. The van der Waals surface area contributed by atoms with E-state index in [1.807, 2.05) is 24.3 Å². The van der Waals surface area contributed by atoms with E-state index in [2.05, 4.69) is 10.6 Å². The molecule has 0 unspecified atom stereocenters. The van der Waals surface area contributed by atoms with E-state index in [1.165, 1.54) is 6.07 Å². The Morgan fingerprint density at radius 1 is 1.19 bits per heavy atom. The molecule has 2 rings (SSSR count). The molecule has 0 heterocycles. The maximum absolute atomic E-state index is 13.4. The molecule has 2 N–H and O–H groups in total. The normalized spacial score (nSPS) is 10.0. The second kappa shape index (κ2) is 7.28. The van der Waals surface area contributed by atoms with Crippen LogP contribution >= 0.6 is 0 Å². The molecule has 0 aromatic heterocycles. The molecule has 0 fully saturated rings. The Hall–Kier alpha value is -2.56.